The second-order valence-corrected chi connectivity index (χ2v) is 6.51. The molecule has 1 aliphatic rings. The number of rotatable bonds is 3. The average Bonchev–Trinajstić information content (AvgIpc) is 2.85. The van der Waals surface area contributed by atoms with Crippen molar-refractivity contribution in [2.24, 2.45) is 0 Å². The first kappa shape index (κ1) is 15.8. The summed E-state index contributed by atoms with van der Waals surface area (Å²) in [5, 5.41) is 11.4. The summed E-state index contributed by atoms with van der Waals surface area (Å²) in [5.41, 5.74) is 2.78. The summed E-state index contributed by atoms with van der Waals surface area (Å²) in [5.74, 6) is 6.45. The standard InChI is InChI=1S/C21H24NO/c1-4-22(3,5-2)16-10-15-21(23)19-13-8-6-11-17(19)18-12-7-9-14-20(18)21/h6-9,11-14,23H,4-5,16H2,1-3H3/q+1. The highest BCUT2D eigenvalue weighted by Crippen LogP contribution is 2.46. The van der Waals surface area contributed by atoms with Gasteiger partial charge in [0.15, 0.2) is 5.60 Å². The van der Waals surface area contributed by atoms with E-state index in [-0.39, 0.29) is 0 Å². The van der Waals surface area contributed by atoms with Gasteiger partial charge in [-0.05, 0) is 30.9 Å². The highest BCUT2D eigenvalue weighted by Gasteiger charge is 2.40. The molecule has 2 heteroatoms. The molecule has 23 heavy (non-hydrogen) atoms. The van der Waals surface area contributed by atoms with Gasteiger partial charge in [-0.2, -0.15) is 0 Å². The maximum absolute atomic E-state index is 11.4. The van der Waals surface area contributed by atoms with Crippen LogP contribution in [0.3, 0.4) is 0 Å². The van der Waals surface area contributed by atoms with E-state index in [1.807, 2.05) is 36.4 Å². The van der Waals surface area contributed by atoms with E-state index in [9.17, 15) is 5.11 Å². The van der Waals surface area contributed by atoms with Crippen LogP contribution in [-0.4, -0.2) is 36.3 Å². The Bertz CT molecular complexity index is 732. The molecule has 0 spiro atoms. The number of quaternary nitrogens is 1. The van der Waals surface area contributed by atoms with Crippen molar-refractivity contribution in [1.29, 1.82) is 0 Å². The largest absolute Gasteiger partial charge is 0.369 e. The Hall–Kier alpha value is -2.08. The zero-order valence-electron chi connectivity index (χ0n) is 14.1. The fourth-order valence-electron chi connectivity index (χ4n) is 3.15. The molecular weight excluding hydrogens is 282 g/mol. The summed E-state index contributed by atoms with van der Waals surface area (Å²) >= 11 is 0. The zero-order chi connectivity index (χ0) is 16.5. The van der Waals surface area contributed by atoms with Crippen LogP contribution in [0.4, 0.5) is 0 Å². The Morgan fingerprint density at radius 1 is 0.913 bits per heavy atom. The third-order valence-corrected chi connectivity index (χ3v) is 5.18. The lowest BCUT2D eigenvalue weighted by Gasteiger charge is -2.29. The fraction of sp³-hybridized carbons (Fsp3) is 0.333. The Labute approximate surface area is 139 Å². The van der Waals surface area contributed by atoms with Crippen LogP contribution in [-0.2, 0) is 5.60 Å². The number of fused-ring (bicyclic) bond motifs is 3. The van der Waals surface area contributed by atoms with Gasteiger partial charge in [-0.3, -0.25) is 0 Å². The molecule has 0 saturated heterocycles. The molecule has 118 valence electrons. The van der Waals surface area contributed by atoms with Crippen LogP contribution in [0.5, 0.6) is 0 Å². The minimum absolute atomic E-state index is 0.750. The lowest BCUT2D eigenvalue weighted by molar-refractivity contribution is -0.899. The molecule has 1 N–H and O–H groups in total. The van der Waals surface area contributed by atoms with Gasteiger partial charge >= 0.3 is 0 Å². The van der Waals surface area contributed by atoms with E-state index in [1.54, 1.807) is 0 Å². The van der Waals surface area contributed by atoms with Crippen LogP contribution < -0.4 is 0 Å². The number of aliphatic hydroxyl groups is 1. The van der Waals surface area contributed by atoms with Crippen molar-refractivity contribution in [3.05, 3.63) is 59.7 Å². The van der Waals surface area contributed by atoms with Gasteiger partial charge in [0.25, 0.3) is 0 Å². The molecule has 0 unspecified atom stereocenters. The Kier molecular flexibility index (Phi) is 4.02. The van der Waals surface area contributed by atoms with E-state index in [2.05, 4.69) is 44.9 Å². The maximum Gasteiger partial charge on any atom is 0.178 e. The quantitative estimate of drug-likeness (QED) is 0.681. The van der Waals surface area contributed by atoms with Crippen LogP contribution in [0.15, 0.2) is 48.5 Å². The highest BCUT2D eigenvalue weighted by atomic mass is 16.3. The first-order valence-electron chi connectivity index (χ1n) is 8.29. The second-order valence-electron chi connectivity index (χ2n) is 6.51. The van der Waals surface area contributed by atoms with Crippen molar-refractivity contribution in [2.45, 2.75) is 19.4 Å². The minimum atomic E-state index is -1.19. The molecule has 1 aliphatic carbocycles. The molecule has 0 fully saturated rings. The van der Waals surface area contributed by atoms with Crippen LogP contribution in [0.1, 0.15) is 25.0 Å². The fourth-order valence-corrected chi connectivity index (χ4v) is 3.15. The summed E-state index contributed by atoms with van der Waals surface area (Å²) in [6, 6.07) is 16.0. The number of benzene rings is 2. The van der Waals surface area contributed by atoms with E-state index in [0.717, 1.165) is 46.4 Å². The lowest BCUT2D eigenvalue weighted by Crippen LogP contribution is -2.43. The molecule has 0 heterocycles. The minimum Gasteiger partial charge on any atom is -0.369 e. The van der Waals surface area contributed by atoms with Crippen molar-refractivity contribution in [3.63, 3.8) is 0 Å². The van der Waals surface area contributed by atoms with Crippen molar-refractivity contribution < 1.29 is 9.59 Å². The van der Waals surface area contributed by atoms with E-state index in [1.165, 1.54) is 0 Å². The Morgan fingerprint density at radius 2 is 1.39 bits per heavy atom. The van der Waals surface area contributed by atoms with Crippen molar-refractivity contribution in [2.75, 3.05) is 26.7 Å². The monoisotopic (exact) mass is 306 g/mol. The van der Waals surface area contributed by atoms with Gasteiger partial charge in [0.1, 0.15) is 6.54 Å². The van der Waals surface area contributed by atoms with Gasteiger partial charge in [0.2, 0.25) is 0 Å². The van der Waals surface area contributed by atoms with E-state index in [0.29, 0.717) is 0 Å². The Morgan fingerprint density at radius 3 is 1.87 bits per heavy atom. The summed E-state index contributed by atoms with van der Waals surface area (Å²) in [6.45, 7) is 7.19. The van der Waals surface area contributed by atoms with Crippen LogP contribution >= 0.6 is 0 Å². The third-order valence-electron chi connectivity index (χ3n) is 5.18. The topological polar surface area (TPSA) is 20.2 Å². The molecular formula is C21H24NO+. The number of nitrogens with zero attached hydrogens (tertiary/aromatic N) is 1. The molecule has 2 aromatic rings. The smallest absolute Gasteiger partial charge is 0.178 e. The SMILES string of the molecule is CC[N+](C)(CC)CC#CC1(O)c2ccccc2-c2ccccc21. The number of hydrogen-bond donors (Lipinski definition) is 1. The first-order chi connectivity index (χ1) is 11.0. The molecule has 0 bridgehead atoms. The molecule has 0 aromatic heterocycles. The van der Waals surface area contributed by atoms with Crippen molar-refractivity contribution in [3.8, 4) is 23.0 Å². The van der Waals surface area contributed by atoms with Crippen molar-refractivity contribution in [1.82, 2.24) is 0 Å². The van der Waals surface area contributed by atoms with Crippen LogP contribution in [0.25, 0.3) is 11.1 Å². The van der Waals surface area contributed by atoms with E-state index < -0.39 is 5.60 Å². The summed E-state index contributed by atoms with van der Waals surface area (Å²) in [4.78, 5) is 0. The Balaban J connectivity index is 2.05. The molecule has 2 nitrogen and oxygen atoms in total. The van der Waals surface area contributed by atoms with Gasteiger partial charge in [-0.25, -0.2) is 0 Å². The average molecular weight is 306 g/mol. The van der Waals surface area contributed by atoms with E-state index >= 15 is 0 Å². The normalized spacial score (nSPS) is 14.6. The molecule has 0 amide bonds. The molecule has 0 saturated carbocycles. The van der Waals surface area contributed by atoms with Crippen LogP contribution in [0, 0.1) is 11.8 Å². The predicted molar refractivity (Wildman–Crippen MR) is 94.8 cm³/mol. The van der Waals surface area contributed by atoms with E-state index in [4.69, 9.17) is 0 Å². The first-order valence-corrected chi connectivity index (χ1v) is 8.29. The summed E-state index contributed by atoms with van der Waals surface area (Å²) in [7, 11) is 2.20. The maximum atomic E-state index is 11.4. The zero-order valence-corrected chi connectivity index (χ0v) is 14.1. The highest BCUT2D eigenvalue weighted by molar-refractivity contribution is 5.81. The molecule has 0 aliphatic heterocycles. The van der Waals surface area contributed by atoms with Crippen LogP contribution in [0.2, 0.25) is 0 Å². The molecule has 0 atom stereocenters. The van der Waals surface area contributed by atoms with Gasteiger partial charge < -0.3 is 9.59 Å². The second kappa shape index (κ2) is 5.85. The molecule has 2 aromatic carbocycles. The van der Waals surface area contributed by atoms with Gasteiger partial charge in [-0.15, -0.1) is 0 Å². The molecule has 0 radical (unpaired) electrons. The summed E-state index contributed by atoms with van der Waals surface area (Å²) in [6.07, 6.45) is 0. The van der Waals surface area contributed by atoms with Crippen molar-refractivity contribution >= 4 is 0 Å². The molecule has 3 rings (SSSR count). The van der Waals surface area contributed by atoms with Gasteiger partial charge in [0.05, 0.1) is 20.1 Å². The summed E-state index contributed by atoms with van der Waals surface area (Å²) < 4.78 is 0.895. The predicted octanol–water partition coefficient (Wildman–Crippen LogP) is 3.39. The lowest BCUT2D eigenvalue weighted by atomic mass is 9.92. The third kappa shape index (κ3) is 2.57. The van der Waals surface area contributed by atoms with Gasteiger partial charge in [0, 0.05) is 11.1 Å². The number of hydrogen-bond acceptors (Lipinski definition) is 1. The van der Waals surface area contributed by atoms with Gasteiger partial charge in [-0.1, -0.05) is 54.5 Å².